The van der Waals surface area contributed by atoms with Crippen molar-refractivity contribution in [1.29, 1.82) is 0 Å². The van der Waals surface area contributed by atoms with Crippen molar-refractivity contribution < 1.29 is 19.4 Å². The average molecular weight is 323 g/mol. The van der Waals surface area contributed by atoms with Gasteiger partial charge in [-0.05, 0) is 36.8 Å². The molecular weight excluding hydrogens is 302 g/mol. The Morgan fingerprint density at radius 3 is 2.73 bits per heavy atom. The molecule has 5 nitrogen and oxygen atoms in total. The lowest BCUT2D eigenvalue weighted by Gasteiger charge is -2.33. The lowest BCUT2D eigenvalue weighted by molar-refractivity contribution is -0.149. The summed E-state index contributed by atoms with van der Waals surface area (Å²) in [5.74, 6) is -0.231. The molecule has 6 heteroatoms. The Morgan fingerprint density at radius 1 is 1.36 bits per heavy atom. The number of hydrogen-bond donors (Lipinski definition) is 1. The Hall–Kier alpha value is -1.69. The van der Waals surface area contributed by atoms with Crippen LogP contribution in [0, 0.1) is 0 Å². The van der Waals surface area contributed by atoms with Crippen molar-refractivity contribution in [3.8, 4) is 0 Å². The molecule has 1 aliphatic heterocycles. The number of rotatable bonds is 6. The minimum Gasteiger partial charge on any atom is -0.479 e. The van der Waals surface area contributed by atoms with Crippen LogP contribution < -0.4 is 0 Å². The average Bonchev–Trinajstić information content (AvgIpc) is 2.97. The van der Waals surface area contributed by atoms with E-state index in [2.05, 4.69) is 0 Å². The molecule has 0 aliphatic carbocycles. The van der Waals surface area contributed by atoms with Crippen molar-refractivity contribution in [2.24, 2.45) is 0 Å². The molecule has 0 saturated carbocycles. The number of likely N-dealkylation sites (tertiary alicyclic amines) is 1. The van der Waals surface area contributed by atoms with Crippen LogP contribution in [-0.4, -0.2) is 46.2 Å². The molecule has 1 N–H and O–H groups in total. The lowest BCUT2D eigenvalue weighted by Crippen LogP contribution is -2.53. The normalized spacial score (nSPS) is 20.9. The van der Waals surface area contributed by atoms with Crippen molar-refractivity contribution in [2.45, 2.75) is 31.4 Å². The molecule has 22 heavy (non-hydrogen) atoms. The quantitative estimate of drug-likeness (QED) is 0.871. The first-order valence-electron chi connectivity index (χ1n) is 7.31. The second-order valence-electron chi connectivity index (χ2n) is 5.37. The number of carbonyl (C=O) groups is 2. The van der Waals surface area contributed by atoms with Gasteiger partial charge in [-0.25, -0.2) is 9.59 Å². The summed E-state index contributed by atoms with van der Waals surface area (Å²) in [7, 11) is 0. The molecule has 1 heterocycles. The van der Waals surface area contributed by atoms with Crippen LogP contribution >= 0.6 is 11.8 Å². The van der Waals surface area contributed by atoms with Gasteiger partial charge in [0, 0.05) is 6.54 Å². The number of carboxylic acids is 1. The molecule has 1 amide bonds. The van der Waals surface area contributed by atoms with E-state index in [0.29, 0.717) is 31.6 Å². The first-order chi connectivity index (χ1) is 10.6. The summed E-state index contributed by atoms with van der Waals surface area (Å²) in [5, 5.41) is 9.64. The SMILES string of the molecule is CSCC[C@]1(C(=O)O)CCCN1C(=O)OCc1ccccc1. The fourth-order valence-electron chi connectivity index (χ4n) is 2.80. The maximum absolute atomic E-state index is 12.3. The van der Waals surface area contributed by atoms with Gasteiger partial charge in [0.05, 0.1) is 0 Å². The van der Waals surface area contributed by atoms with Crippen LogP contribution in [0.25, 0.3) is 0 Å². The monoisotopic (exact) mass is 323 g/mol. The topological polar surface area (TPSA) is 66.8 Å². The molecule has 0 bridgehead atoms. The third-order valence-corrected chi connectivity index (χ3v) is 4.64. The molecule has 120 valence electrons. The number of carbonyl (C=O) groups excluding carboxylic acids is 1. The highest BCUT2D eigenvalue weighted by atomic mass is 32.2. The molecule has 1 aromatic rings. The molecule has 0 radical (unpaired) electrons. The van der Waals surface area contributed by atoms with Crippen molar-refractivity contribution in [1.82, 2.24) is 4.90 Å². The molecule has 1 saturated heterocycles. The standard InChI is InChI=1S/C16H21NO4S/c1-22-11-9-16(14(18)19)8-5-10-17(16)15(20)21-12-13-6-3-2-4-7-13/h2-4,6-7H,5,8-12H2,1H3,(H,18,19)/t16-/m0/s1. The van der Waals surface area contributed by atoms with Crippen LogP contribution in [0.2, 0.25) is 0 Å². The van der Waals surface area contributed by atoms with E-state index in [0.717, 1.165) is 5.56 Å². The summed E-state index contributed by atoms with van der Waals surface area (Å²) >= 11 is 1.59. The van der Waals surface area contributed by atoms with Crippen LogP contribution in [-0.2, 0) is 16.1 Å². The fourth-order valence-corrected chi connectivity index (χ4v) is 3.34. The summed E-state index contributed by atoms with van der Waals surface area (Å²) in [5.41, 5.74) is -0.225. The molecule has 1 aromatic carbocycles. The summed E-state index contributed by atoms with van der Waals surface area (Å²) in [6, 6.07) is 9.38. The Morgan fingerprint density at radius 2 is 2.09 bits per heavy atom. The van der Waals surface area contributed by atoms with E-state index in [9.17, 15) is 14.7 Å². The van der Waals surface area contributed by atoms with Crippen LogP contribution in [0.15, 0.2) is 30.3 Å². The van der Waals surface area contributed by atoms with Gasteiger partial charge in [-0.2, -0.15) is 11.8 Å². The van der Waals surface area contributed by atoms with Crippen LogP contribution in [0.3, 0.4) is 0 Å². The number of aliphatic carboxylic acids is 1. The summed E-state index contributed by atoms with van der Waals surface area (Å²) in [6.07, 6.45) is 3.03. The first kappa shape index (κ1) is 16.7. The molecule has 1 aliphatic rings. The second kappa shape index (κ2) is 7.54. The predicted molar refractivity (Wildman–Crippen MR) is 85.9 cm³/mol. The van der Waals surface area contributed by atoms with Crippen molar-refractivity contribution in [3.05, 3.63) is 35.9 Å². The molecule has 2 rings (SSSR count). The van der Waals surface area contributed by atoms with Crippen LogP contribution in [0.4, 0.5) is 4.79 Å². The zero-order valence-electron chi connectivity index (χ0n) is 12.7. The largest absolute Gasteiger partial charge is 0.479 e. The van der Waals surface area contributed by atoms with Crippen molar-refractivity contribution in [3.63, 3.8) is 0 Å². The van der Waals surface area contributed by atoms with Crippen LogP contribution in [0.1, 0.15) is 24.8 Å². The van der Waals surface area contributed by atoms with Gasteiger partial charge in [-0.15, -0.1) is 0 Å². The number of ether oxygens (including phenoxy) is 1. The van der Waals surface area contributed by atoms with Gasteiger partial charge in [0.1, 0.15) is 12.1 Å². The smallest absolute Gasteiger partial charge is 0.411 e. The highest BCUT2D eigenvalue weighted by Crippen LogP contribution is 2.34. The molecule has 1 atom stereocenters. The third-order valence-electron chi connectivity index (χ3n) is 4.03. The van der Waals surface area contributed by atoms with Gasteiger partial charge in [0.2, 0.25) is 0 Å². The first-order valence-corrected chi connectivity index (χ1v) is 8.70. The van der Waals surface area contributed by atoms with E-state index in [1.807, 2.05) is 36.6 Å². The van der Waals surface area contributed by atoms with E-state index in [-0.39, 0.29) is 6.61 Å². The summed E-state index contributed by atoms with van der Waals surface area (Å²) in [4.78, 5) is 25.5. The fraction of sp³-hybridized carbons (Fsp3) is 0.500. The lowest BCUT2D eigenvalue weighted by atomic mass is 9.93. The Kier molecular flexibility index (Phi) is 5.71. The Bertz CT molecular complexity index is 522. The number of amides is 1. The van der Waals surface area contributed by atoms with Crippen molar-refractivity contribution >= 4 is 23.8 Å². The summed E-state index contributed by atoms with van der Waals surface area (Å²) in [6.45, 7) is 0.600. The van der Waals surface area contributed by atoms with Crippen LogP contribution in [0.5, 0.6) is 0 Å². The highest BCUT2D eigenvalue weighted by Gasteiger charge is 2.50. The van der Waals surface area contributed by atoms with E-state index in [1.165, 1.54) is 4.90 Å². The number of thioether (sulfide) groups is 1. The number of carboxylic acid groups (broad SMARTS) is 1. The molecule has 0 spiro atoms. The minimum absolute atomic E-state index is 0.161. The van der Waals surface area contributed by atoms with Gasteiger partial charge in [-0.3, -0.25) is 4.90 Å². The molecule has 1 fully saturated rings. The third kappa shape index (κ3) is 3.55. The number of benzene rings is 1. The minimum atomic E-state index is -1.11. The Balaban J connectivity index is 2.04. The van der Waals surface area contributed by atoms with E-state index in [1.54, 1.807) is 11.8 Å². The van der Waals surface area contributed by atoms with Gasteiger partial charge < -0.3 is 9.84 Å². The molecular formula is C16H21NO4S. The molecule has 0 unspecified atom stereocenters. The number of hydrogen-bond acceptors (Lipinski definition) is 4. The zero-order chi connectivity index (χ0) is 16.0. The highest BCUT2D eigenvalue weighted by molar-refractivity contribution is 7.98. The molecule has 0 aromatic heterocycles. The zero-order valence-corrected chi connectivity index (χ0v) is 13.5. The van der Waals surface area contributed by atoms with Gasteiger partial charge in [0.15, 0.2) is 0 Å². The number of nitrogens with zero attached hydrogens (tertiary/aromatic N) is 1. The van der Waals surface area contributed by atoms with Gasteiger partial charge in [0.25, 0.3) is 0 Å². The van der Waals surface area contributed by atoms with E-state index < -0.39 is 17.6 Å². The second-order valence-corrected chi connectivity index (χ2v) is 6.36. The summed E-state index contributed by atoms with van der Waals surface area (Å²) < 4.78 is 5.31. The maximum Gasteiger partial charge on any atom is 0.411 e. The van der Waals surface area contributed by atoms with Gasteiger partial charge in [-0.1, -0.05) is 30.3 Å². The van der Waals surface area contributed by atoms with Crippen molar-refractivity contribution in [2.75, 3.05) is 18.6 Å². The van der Waals surface area contributed by atoms with E-state index >= 15 is 0 Å². The van der Waals surface area contributed by atoms with E-state index in [4.69, 9.17) is 4.74 Å². The maximum atomic E-state index is 12.3. The predicted octanol–water partition coefficient (Wildman–Crippen LogP) is 3.00. The Labute approximate surface area is 134 Å². The van der Waals surface area contributed by atoms with Gasteiger partial charge >= 0.3 is 12.1 Å².